The molecule has 0 aliphatic heterocycles. The number of carbonyl (C=O) groups is 3. The van der Waals surface area contributed by atoms with E-state index in [2.05, 4.69) is 16.7 Å². The molecule has 0 aromatic rings. The molecule has 10 nitrogen and oxygen atoms in total. The summed E-state index contributed by atoms with van der Waals surface area (Å²) in [6.45, 7) is 13.2. The molecule has 0 aliphatic carbocycles. The highest BCUT2D eigenvalue weighted by molar-refractivity contribution is 5.75. The molecule has 0 rings (SSSR count). The van der Waals surface area contributed by atoms with Crippen molar-refractivity contribution in [2.24, 2.45) is 17.3 Å². The summed E-state index contributed by atoms with van der Waals surface area (Å²) in [6, 6.07) is 0. The quantitative estimate of drug-likeness (QED) is 0.278. The Morgan fingerprint density at radius 2 is 1.53 bits per heavy atom. The molecule has 0 aromatic carbocycles. The highest BCUT2D eigenvalue weighted by Gasteiger charge is 2.42. The topological polar surface area (TPSA) is 149 Å². The zero-order valence-corrected chi connectivity index (χ0v) is 19.1. The van der Waals surface area contributed by atoms with Crippen molar-refractivity contribution < 1.29 is 49.6 Å². The van der Waals surface area contributed by atoms with Crippen molar-refractivity contribution in [3.8, 4) is 0 Å². The van der Waals surface area contributed by atoms with Crippen LogP contribution in [-0.4, -0.2) is 39.3 Å². The van der Waals surface area contributed by atoms with Crippen molar-refractivity contribution in [2.45, 2.75) is 92.6 Å². The first-order chi connectivity index (χ1) is 13.8. The molecule has 0 saturated carbocycles. The van der Waals surface area contributed by atoms with Crippen LogP contribution >= 0.6 is 0 Å². The van der Waals surface area contributed by atoms with Crippen molar-refractivity contribution in [3.05, 3.63) is 0 Å². The summed E-state index contributed by atoms with van der Waals surface area (Å²) in [7, 11) is 0. The molecule has 30 heavy (non-hydrogen) atoms. The van der Waals surface area contributed by atoms with Gasteiger partial charge in [-0.3, -0.25) is 9.78 Å². The van der Waals surface area contributed by atoms with E-state index >= 15 is 0 Å². The third-order valence-corrected chi connectivity index (χ3v) is 4.43. The second kappa shape index (κ2) is 15.0. The predicted molar refractivity (Wildman–Crippen MR) is 107 cm³/mol. The Morgan fingerprint density at radius 1 is 1.00 bits per heavy atom. The van der Waals surface area contributed by atoms with Gasteiger partial charge >= 0.3 is 18.1 Å². The molecule has 10 heteroatoms. The molecule has 0 aliphatic rings. The molecule has 0 heterocycles. The molecule has 0 spiro atoms. The normalized spacial score (nSPS) is 14.1. The zero-order chi connectivity index (χ0) is 24.0. The van der Waals surface area contributed by atoms with E-state index in [1.165, 1.54) is 0 Å². The number of hydrogen-bond acceptors (Lipinski definition) is 9. The van der Waals surface area contributed by atoms with Gasteiger partial charge in [-0.25, -0.2) is 14.4 Å². The van der Waals surface area contributed by atoms with E-state index in [9.17, 15) is 9.59 Å². The number of carbonyl (C=O) groups excluding carboxylic acids is 2. The highest BCUT2D eigenvalue weighted by Crippen LogP contribution is 2.36. The maximum absolute atomic E-state index is 12.3. The van der Waals surface area contributed by atoms with Crippen LogP contribution < -0.4 is 0 Å². The smallest absolute Gasteiger partial charge is 0.448 e. The second-order valence-corrected chi connectivity index (χ2v) is 8.58. The van der Waals surface area contributed by atoms with Crippen molar-refractivity contribution in [1.82, 2.24) is 0 Å². The van der Waals surface area contributed by atoms with Gasteiger partial charge in [-0.15, -0.1) is 0 Å². The standard InChI is InChI=1S/C19H36O6.CH2O4/c1-8-10-11-15(9-2)16(20)24-25-19(7,12-14(3)4)13-18(5,6)17(21)23-22;2-1(3)5-4/h14-15,22H,8-13H2,1-7H3;4H,(H,2,3). The van der Waals surface area contributed by atoms with Gasteiger partial charge in [0.05, 0.1) is 11.3 Å². The van der Waals surface area contributed by atoms with Crippen LogP contribution in [0.1, 0.15) is 87.0 Å². The fourth-order valence-corrected chi connectivity index (χ4v) is 3.28. The van der Waals surface area contributed by atoms with E-state index in [1.807, 2.05) is 20.8 Å². The van der Waals surface area contributed by atoms with Crippen LogP contribution in [-0.2, 0) is 29.1 Å². The molecule has 0 amide bonds. The Labute approximate surface area is 178 Å². The first kappa shape index (κ1) is 30.3. The molecule has 2 atom stereocenters. The summed E-state index contributed by atoms with van der Waals surface area (Å²) in [5.74, 6) is -1.02. The van der Waals surface area contributed by atoms with Crippen LogP contribution in [0.5, 0.6) is 0 Å². The van der Waals surface area contributed by atoms with Crippen LogP contribution in [0, 0.1) is 17.3 Å². The van der Waals surface area contributed by atoms with E-state index < -0.39 is 23.1 Å². The summed E-state index contributed by atoms with van der Waals surface area (Å²) in [4.78, 5) is 50.2. The van der Waals surface area contributed by atoms with E-state index in [0.717, 1.165) is 19.3 Å². The van der Waals surface area contributed by atoms with Gasteiger partial charge in [0, 0.05) is 0 Å². The van der Waals surface area contributed by atoms with Crippen LogP contribution in [0.25, 0.3) is 0 Å². The summed E-state index contributed by atoms with van der Waals surface area (Å²) in [5.41, 5.74) is -1.83. The maximum Gasteiger partial charge on any atom is 0.537 e. The van der Waals surface area contributed by atoms with Crippen LogP contribution in [0.15, 0.2) is 0 Å². The van der Waals surface area contributed by atoms with Gasteiger partial charge in [0.25, 0.3) is 0 Å². The monoisotopic (exact) mass is 438 g/mol. The highest BCUT2D eigenvalue weighted by atomic mass is 17.2. The first-order valence-corrected chi connectivity index (χ1v) is 10.1. The summed E-state index contributed by atoms with van der Waals surface area (Å²) >= 11 is 0. The lowest BCUT2D eigenvalue weighted by Crippen LogP contribution is -2.41. The molecular formula is C20H38O10. The van der Waals surface area contributed by atoms with Crippen molar-refractivity contribution in [2.75, 3.05) is 0 Å². The van der Waals surface area contributed by atoms with Gasteiger partial charge in [0.2, 0.25) is 0 Å². The molecule has 0 saturated heterocycles. The van der Waals surface area contributed by atoms with E-state index in [-0.39, 0.29) is 24.2 Å². The lowest BCUT2D eigenvalue weighted by molar-refractivity contribution is -0.341. The van der Waals surface area contributed by atoms with Crippen molar-refractivity contribution in [1.29, 1.82) is 0 Å². The first-order valence-electron chi connectivity index (χ1n) is 10.1. The lowest BCUT2D eigenvalue weighted by atomic mass is 9.78. The Morgan fingerprint density at radius 3 is 1.90 bits per heavy atom. The lowest BCUT2D eigenvalue weighted by Gasteiger charge is -2.35. The number of rotatable bonds is 12. The van der Waals surface area contributed by atoms with Gasteiger partial charge in [0.15, 0.2) is 0 Å². The molecule has 3 N–H and O–H groups in total. The van der Waals surface area contributed by atoms with E-state index in [4.69, 9.17) is 30.2 Å². The van der Waals surface area contributed by atoms with Gasteiger partial charge in [-0.1, -0.05) is 40.5 Å². The summed E-state index contributed by atoms with van der Waals surface area (Å²) in [5, 5.41) is 23.0. The average Bonchev–Trinajstić information content (AvgIpc) is 2.65. The van der Waals surface area contributed by atoms with Crippen LogP contribution in [0.4, 0.5) is 4.79 Å². The fraction of sp³-hybridized carbons (Fsp3) is 0.850. The molecule has 0 fully saturated rings. The SMILES string of the molecule is CCCCC(CC)C(=O)OOC(C)(CC(C)C)CC(C)(C)C(=O)OO.O=C(O)OO. The minimum Gasteiger partial charge on any atom is -0.448 e. The van der Waals surface area contributed by atoms with Crippen LogP contribution in [0.3, 0.4) is 0 Å². The molecule has 0 radical (unpaired) electrons. The number of hydrogen-bond donors (Lipinski definition) is 3. The molecular weight excluding hydrogens is 400 g/mol. The third kappa shape index (κ3) is 13.3. The van der Waals surface area contributed by atoms with Gasteiger partial charge in [0.1, 0.15) is 5.60 Å². The Hall–Kier alpha value is -1.91. The van der Waals surface area contributed by atoms with Crippen molar-refractivity contribution >= 4 is 18.1 Å². The fourth-order valence-electron chi connectivity index (χ4n) is 3.28. The largest absolute Gasteiger partial charge is 0.537 e. The molecule has 0 bridgehead atoms. The Balaban J connectivity index is 0. The number of carboxylic acid groups (broad SMARTS) is 1. The Kier molecular flexibility index (Phi) is 15.1. The molecule has 2 unspecified atom stereocenters. The van der Waals surface area contributed by atoms with E-state index in [0.29, 0.717) is 12.8 Å². The van der Waals surface area contributed by atoms with Gasteiger partial charge in [-0.2, -0.15) is 15.4 Å². The predicted octanol–water partition coefficient (Wildman–Crippen LogP) is 5.07. The minimum atomic E-state index is -1.69. The van der Waals surface area contributed by atoms with Gasteiger partial charge in [-0.05, 0) is 52.4 Å². The van der Waals surface area contributed by atoms with Gasteiger partial charge < -0.3 is 9.99 Å². The minimum absolute atomic E-state index is 0.182. The third-order valence-electron chi connectivity index (χ3n) is 4.43. The molecule has 0 aromatic heterocycles. The number of unbranched alkanes of at least 4 members (excludes halogenated alkanes) is 1. The van der Waals surface area contributed by atoms with E-state index in [1.54, 1.807) is 20.8 Å². The van der Waals surface area contributed by atoms with Crippen molar-refractivity contribution in [3.63, 3.8) is 0 Å². The summed E-state index contributed by atoms with van der Waals surface area (Å²) < 4.78 is 0. The average molecular weight is 439 g/mol. The molecule has 178 valence electrons. The summed E-state index contributed by atoms with van der Waals surface area (Å²) in [6.07, 6.45) is 2.61. The Bertz CT molecular complexity index is 518. The maximum atomic E-state index is 12.3. The zero-order valence-electron chi connectivity index (χ0n) is 19.1. The second-order valence-electron chi connectivity index (χ2n) is 8.58. The van der Waals surface area contributed by atoms with Crippen LogP contribution in [0.2, 0.25) is 0 Å².